The van der Waals surface area contributed by atoms with Crippen LogP contribution in [-0.4, -0.2) is 24.5 Å². The summed E-state index contributed by atoms with van der Waals surface area (Å²) in [7, 11) is 0. The van der Waals surface area contributed by atoms with E-state index in [2.05, 4.69) is 36.7 Å². The summed E-state index contributed by atoms with van der Waals surface area (Å²) < 4.78 is 0. The number of amides is 3. The average molecular weight is 291 g/mol. The zero-order valence-corrected chi connectivity index (χ0v) is 13.4. The van der Waals surface area contributed by atoms with Gasteiger partial charge in [0.1, 0.15) is 6.04 Å². The van der Waals surface area contributed by atoms with Gasteiger partial charge in [0.25, 0.3) is 0 Å². The Labute approximate surface area is 126 Å². The van der Waals surface area contributed by atoms with Crippen LogP contribution in [0.4, 0.5) is 10.5 Å². The number of rotatable bonds is 4. The zero-order valence-electron chi connectivity index (χ0n) is 13.4. The predicted molar refractivity (Wildman–Crippen MR) is 85.4 cm³/mol. The standard InChI is InChI=1S/C16H25N3O2/c1-6-17-15(21)19-14(20)11(2)18-13-9-7-12(8-10-13)16(3,4)5/h7-11,18H,6H2,1-5H3,(H2,17,19,20,21). The van der Waals surface area contributed by atoms with Gasteiger partial charge in [-0.3, -0.25) is 10.1 Å². The van der Waals surface area contributed by atoms with Crippen molar-refractivity contribution in [2.24, 2.45) is 0 Å². The molecule has 0 saturated carbocycles. The van der Waals surface area contributed by atoms with Gasteiger partial charge in [0.2, 0.25) is 5.91 Å². The molecule has 1 aromatic carbocycles. The fraction of sp³-hybridized carbons (Fsp3) is 0.500. The molecule has 3 amide bonds. The van der Waals surface area contributed by atoms with Gasteiger partial charge in [-0.25, -0.2) is 4.79 Å². The van der Waals surface area contributed by atoms with E-state index in [4.69, 9.17) is 0 Å². The highest BCUT2D eigenvalue weighted by atomic mass is 16.2. The molecule has 0 saturated heterocycles. The van der Waals surface area contributed by atoms with E-state index in [-0.39, 0.29) is 11.3 Å². The second-order valence-corrected chi connectivity index (χ2v) is 6.04. The lowest BCUT2D eigenvalue weighted by Crippen LogP contribution is -2.45. The lowest BCUT2D eigenvalue weighted by molar-refractivity contribution is -0.120. The SMILES string of the molecule is CCNC(=O)NC(=O)C(C)Nc1ccc(C(C)(C)C)cc1. The number of hydrogen-bond acceptors (Lipinski definition) is 3. The molecule has 1 rings (SSSR count). The van der Waals surface area contributed by atoms with Crippen molar-refractivity contribution in [2.45, 2.75) is 46.1 Å². The number of carbonyl (C=O) groups is 2. The molecule has 0 aliphatic heterocycles. The van der Waals surface area contributed by atoms with Gasteiger partial charge in [-0.2, -0.15) is 0 Å². The third kappa shape index (κ3) is 5.45. The molecule has 0 spiro atoms. The van der Waals surface area contributed by atoms with Gasteiger partial charge in [0.05, 0.1) is 0 Å². The van der Waals surface area contributed by atoms with Crippen molar-refractivity contribution < 1.29 is 9.59 Å². The van der Waals surface area contributed by atoms with Gasteiger partial charge in [0.15, 0.2) is 0 Å². The molecule has 0 fully saturated rings. The van der Waals surface area contributed by atoms with Crippen LogP contribution in [0.25, 0.3) is 0 Å². The van der Waals surface area contributed by atoms with Crippen molar-refractivity contribution in [1.29, 1.82) is 0 Å². The van der Waals surface area contributed by atoms with Crippen molar-refractivity contribution in [3.63, 3.8) is 0 Å². The van der Waals surface area contributed by atoms with Crippen molar-refractivity contribution in [2.75, 3.05) is 11.9 Å². The zero-order chi connectivity index (χ0) is 16.0. The quantitative estimate of drug-likeness (QED) is 0.798. The van der Waals surface area contributed by atoms with Crippen LogP contribution in [0.1, 0.15) is 40.2 Å². The normalized spacial score (nSPS) is 12.4. The Morgan fingerprint density at radius 3 is 2.19 bits per heavy atom. The van der Waals surface area contributed by atoms with E-state index < -0.39 is 12.1 Å². The lowest BCUT2D eigenvalue weighted by atomic mass is 9.87. The minimum atomic E-state index is -0.493. The molecule has 116 valence electrons. The van der Waals surface area contributed by atoms with Gasteiger partial charge in [0, 0.05) is 12.2 Å². The van der Waals surface area contributed by atoms with Gasteiger partial charge in [-0.1, -0.05) is 32.9 Å². The third-order valence-electron chi connectivity index (χ3n) is 3.10. The second-order valence-electron chi connectivity index (χ2n) is 6.04. The first-order chi connectivity index (χ1) is 9.74. The van der Waals surface area contributed by atoms with Crippen LogP contribution in [-0.2, 0) is 10.2 Å². The summed E-state index contributed by atoms with van der Waals surface area (Å²) in [5, 5.41) is 7.88. The summed E-state index contributed by atoms with van der Waals surface area (Å²) in [5.41, 5.74) is 2.17. The minimum Gasteiger partial charge on any atom is -0.374 e. The Hall–Kier alpha value is -2.04. The molecule has 0 aromatic heterocycles. The number of carbonyl (C=O) groups excluding carboxylic acids is 2. The molecule has 1 unspecified atom stereocenters. The van der Waals surface area contributed by atoms with E-state index in [1.807, 2.05) is 24.3 Å². The van der Waals surface area contributed by atoms with E-state index in [1.54, 1.807) is 13.8 Å². The fourth-order valence-corrected chi connectivity index (χ4v) is 1.81. The summed E-state index contributed by atoms with van der Waals surface area (Å²) in [4.78, 5) is 23.1. The molecule has 1 atom stereocenters. The number of benzene rings is 1. The van der Waals surface area contributed by atoms with Gasteiger partial charge in [-0.15, -0.1) is 0 Å². The summed E-state index contributed by atoms with van der Waals surface area (Å²) >= 11 is 0. The average Bonchev–Trinajstić information content (AvgIpc) is 2.38. The summed E-state index contributed by atoms with van der Waals surface area (Å²) in [6.07, 6.45) is 0. The van der Waals surface area contributed by atoms with Gasteiger partial charge >= 0.3 is 6.03 Å². The third-order valence-corrected chi connectivity index (χ3v) is 3.10. The van der Waals surface area contributed by atoms with Crippen molar-refractivity contribution in [3.05, 3.63) is 29.8 Å². The number of hydrogen-bond donors (Lipinski definition) is 3. The highest BCUT2D eigenvalue weighted by molar-refractivity contribution is 5.97. The Morgan fingerprint density at radius 2 is 1.71 bits per heavy atom. The topological polar surface area (TPSA) is 70.2 Å². The largest absolute Gasteiger partial charge is 0.374 e. The van der Waals surface area contributed by atoms with Crippen molar-refractivity contribution >= 4 is 17.6 Å². The molecule has 1 aromatic rings. The van der Waals surface area contributed by atoms with E-state index in [1.165, 1.54) is 5.56 Å². The Kier molecular flexibility index (Phi) is 5.76. The number of anilines is 1. The number of imide groups is 1. The second kappa shape index (κ2) is 7.11. The van der Waals surface area contributed by atoms with Crippen molar-refractivity contribution in [3.8, 4) is 0 Å². The molecular weight excluding hydrogens is 266 g/mol. The molecule has 0 radical (unpaired) electrons. The first kappa shape index (κ1) is 17.0. The molecule has 5 nitrogen and oxygen atoms in total. The van der Waals surface area contributed by atoms with E-state index in [0.29, 0.717) is 6.54 Å². The molecule has 0 heterocycles. The molecule has 5 heteroatoms. The minimum absolute atomic E-state index is 0.0970. The highest BCUT2D eigenvalue weighted by Gasteiger charge is 2.16. The first-order valence-corrected chi connectivity index (χ1v) is 7.19. The summed E-state index contributed by atoms with van der Waals surface area (Å²) in [5.74, 6) is -0.360. The maximum atomic E-state index is 11.8. The fourth-order valence-electron chi connectivity index (χ4n) is 1.81. The molecule has 0 aliphatic carbocycles. The number of nitrogens with one attached hydrogen (secondary N) is 3. The van der Waals surface area contributed by atoms with E-state index in [9.17, 15) is 9.59 Å². The van der Waals surface area contributed by atoms with Crippen LogP contribution in [0.2, 0.25) is 0 Å². The van der Waals surface area contributed by atoms with Crippen LogP contribution >= 0.6 is 0 Å². The summed E-state index contributed by atoms with van der Waals surface area (Å²) in [6.45, 7) is 10.4. The Balaban J connectivity index is 2.60. The molecule has 0 aliphatic rings. The Morgan fingerprint density at radius 1 is 1.14 bits per heavy atom. The monoisotopic (exact) mass is 291 g/mol. The Bertz CT molecular complexity index is 489. The summed E-state index contributed by atoms with van der Waals surface area (Å²) in [6, 6.07) is 6.99. The van der Waals surface area contributed by atoms with E-state index >= 15 is 0 Å². The predicted octanol–water partition coefficient (Wildman–Crippen LogP) is 2.63. The maximum Gasteiger partial charge on any atom is 0.321 e. The molecule has 0 bridgehead atoms. The first-order valence-electron chi connectivity index (χ1n) is 7.19. The molecule has 3 N–H and O–H groups in total. The lowest BCUT2D eigenvalue weighted by Gasteiger charge is -2.20. The molecule has 21 heavy (non-hydrogen) atoms. The van der Waals surface area contributed by atoms with Gasteiger partial charge < -0.3 is 10.6 Å². The van der Waals surface area contributed by atoms with Gasteiger partial charge in [-0.05, 0) is 37.0 Å². The maximum absolute atomic E-state index is 11.8. The molecular formula is C16H25N3O2. The van der Waals surface area contributed by atoms with Crippen LogP contribution in [0, 0.1) is 0 Å². The van der Waals surface area contributed by atoms with Crippen LogP contribution < -0.4 is 16.0 Å². The van der Waals surface area contributed by atoms with Crippen molar-refractivity contribution in [1.82, 2.24) is 10.6 Å². The smallest absolute Gasteiger partial charge is 0.321 e. The van der Waals surface area contributed by atoms with E-state index in [0.717, 1.165) is 5.69 Å². The highest BCUT2D eigenvalue weighted by Crippen LogP contribution is 2.23. The number of urea groups is 1. The van der Waals surface area contributed by atoms with Crippen LogP contribution in [0.15, 0.2) is 24.3 Å². The van der Waals surface area contributed by atoms with Crippen LogP contribution in [0.5, 0.6) is 0 Å². The van der Waals surface area contributed by atoms with Crippen LogP contribution in [0.3, 0.4) is 0 Å².